The first-order chi connectivity index (χ1) is 12.7. The Kier molecular flexibility index (Phi) is 4.86. The van der Waals surface area contributed by atoms with Gasteiger partial charge in [0, 0.05) is 22.4 Å². The van der Waals surface area contributed by atoms with Gasteiger partial charge in [-0.05, 0) is 36.1 Å². The van der Waals surface area contributed by atoms with E-state index in [1.165, 1.54) is 22.7 Å². The first-order valence-electron chi connectivity index (χ1n) is 8.31. The lowest BCUT2D eigenvalue weighted by Crippen LogP contribution is -2.06. The fraction of sp³-hybridized carbons (Fsp3) is 0.200. The van der Waals surface area contributed by atoms with Crippen LogP contribution >= 0.6 is 22.7 Å². The summed E-state index contributed by atoms with van der Waals surface area (Å²) in [7, 11) is 0. The smallest absolute Gasteiger partial charge is 0.348 e. The van der Waals surface area contributed by atoms with Crippen LogP contribution in [0.3, 0.4) is 0 Å². The molecule has 1 aliphatic rings. The maximum Gasteiger partial charge on any atom is 0.348 e. The van der Waals surface area contributed by atoms with E-state index < -0.39 is 0 Å². The first kappa shape index (κ1) is 17.0. The number of rotatable bonds is 6. The number of thiophene rings is 2. The highest BCUT2D eigenvalue weighted by Gasteiger charge is 2.23. The minimum Gasteiger partial charge on any atom is -0.488 e. The molecule has 0 radical (unpaired) electrons. The molecule has 1 aliphatic heterocycles. The van der Waals surface area contributed by atoms with Gasteiger partial charge in [-0.25, -0.2) is 4.79 Å². The number of ketones is 1. The molecule has 1 aromatic carbocycles. The Bertz CT molecular complexity index is 941. The van der Waals surface area contributed by atoms with Crippen LogP contribution in [0.1, 0.15) is 37.7 Å². The molecule has 0 fully saturated rings. The number of fused-ring (bicyclic) bond motifs is 3. The maximum absolute atomic E-state index is 12.3. The number of para-hydroxylation sites is 1. The summed E-state index contributed by atoms with van der Waals surface area (Å²) in [4.78, 5) is 26.6. The van der Waals surface area contributed by atoms with Crippen LogP contribution in [-0.2, 0) is 11.3 Å². The van der Waals surface area contributed by atoms with E-state index in [0.29, 0.717) is 24.3 Å². The molecular formula is C20H16O4S2. The fourth-order valence-corrected chi connectivity index (χ4v) is 4.61. The van der Waals surface area contributed by atoms with Crippen LogP contribution in [-0.4, -0.2) is 18.4 Å². The van der Waals surface area contributed by atoms with E-state index in [2.05, 4.69) is 0 Å². The van der Waals surface area contributed by atoms with Crippen LogP contribution in [0.2, 0.25) is 0 Å². The van der Waals surface area contributed by atoms with E-state index >= 15 is 0 Å². The molecule has 0 spiro atoms. The lowest BCUT2D eigenvalue weighted by molar-refractivity contribution is 0.0500. The summed E-state index contributed by atoms with van der Waals surface area (Å²) in [5, 5.41) is 1.88. The number of ether oxygens (including phenoxy) is 2. The lowest BCUT2D eigenvalue weighted by atomic mass is 10.1. The number of benzene rings is 1. The largest absolute Gasteiger partial charge is 0.488 e. The molecule has 6 heteroatoms. The van der Waals surface area contributed by atoms with Gasteiger partial charge in [-0.1, -0.05) is 18.2 Å². The maximum atomic E-state index is 12.3. The van der Waals surface area contributed by atoms with Gasteiger partial charge < -0.3 is 9.47 Å². The molecule has 0 aliphatic carbocycles. The molecule has 132 valence electrons. The Hall–Kier alpha value is -2.44. The molecule has 0 N–H and O–H groups in total. The number of Topliss-reactive ketones (excluding diaryl/α,β-unsaturated/α-hetero) is 1. The quantitative estimate of drug-likeness (QED) is 0.333. The molecule has 26 heavy (non-hydrogen) atoms. The van der Waals surface area contributed by atoms with Crippen molar-refractivity contribution in [3.05, 3.63) is 63.2 Å². The SMILES string of the molecule is O=C(CCCOC(=O)c1cc2c(s1)-c1ccccc1OC2)c1cccs1. The monoisotopic (exact) mass is 384 g/mol. The van der Waals surface area contributed by atoms with Crippen molar-refractivity contribution >= 4 is 34.4 Å². The summed E-state index contributed by atoms with van der Waals surface area (Å²) in [5.41, 5.74) is 2.02. The number of carbonyl (C=O) groups is 2. The van der Waals surface area contributed by atoms with Crippen LogP contribution < -0.4 is 4.74 Å². The van der Waals surface area contributed by atoms with E-state index in [4.69, 9.17) is 9.47 Å². The average Bonchev–Trinajstić information content (AvgIpc) is 3.34. The van der Waals surface area contributed by atoms with Gasteiger partial charge in [0.25, 0.3) is 0 Å². The molecule has 0 saturated heterocycles. The third-order valence-electron chi connectivity index (χ3n) is 4.10. The molecule has 0 bridgehead atoms. The Morgan fingerprint density at radius 2 is 2.00 bits per heavy atom. The molecule has 3 heterocycles. The molecule has 4 rings (SSSR count). The normalized spacial score (nSPS) is 12.0. The summed E-state index contributed by atoms with van der Waals surface area (Å²) in [6, 6.07) is 13.3. The molecule has 0 amide bonds. The van der Waals surface area contributed by atoms with Gasteiger partial charge in [-0.3, -0.25) is 4.79 Å². The number of hydrogen-bond donors (Lipinski definition) is 0. The van der Waals surface area contributed by atoms with Crippen LogP contribution in [0.5, 0.6) is 5.75 Å². The fourth-order valence-electron chi connectivity index (χ4n) is 2.83. The Morgan fingerprint density at radius 1 is 1.12 bits per heavy atom. The molecular weight excluding hydrogens is 368 g/mol. The predicted octanol–water partition coefficient (Wildman–Crippen LogP) is 5.19. The van der Waals surface area contributed by atoms with Crippen LogP contribution in [0.4, 0.5) is 0 Å². The molecule has 4 nitrogen and oxygen atoms in total. The van der Waals surface area contributed by atoms with E-state index in [9.17, 15) is 9.59 Å². The summed E-state index contributed by atoms with van der Waals surface area (Å²) >= 11 is 2.86. The van der Waals surface area contributed by atoms with E-state index in [-0.39, 0.29) is 18.4 Å². The Morgan fingerprint density at radius 3 is 2.85 bits per heavy atom. The number of carbonyl (C=O) groups excluding carboxylic acids is 2. The van der Waals surface area contributed by atoms with Crippen LogP contribution in [0.25, 0.3) is 10.4 Å². The second kappa shape index (κ2) is 7.43. The Labute approximate surface area is 159 Å². The summed E-state index contributed by atoms with van der Waals surface area (Å²) in [6.45, 7) is 0.705. The second-order valence-electron chi connectivity index (χ2n) is 5.89. The molecule has 0 atom stereocenters. The van der Waals surface area contributed by atoms with E-state index in [1.54, 1.807) is 0 Å². The second-order valence-corrected chi connectivity index (χ2v) is 7.89. The standard InChI is InChI=1S/C20H16O4S2/c21-15(17-8-4-10-25-17)6-3-9-23-20(22)18-11-13-12-24-16-7-2-1-5-14(16)19(13)26-18/h1-2,4-5,7-8,10-11H,3,6,9,12H2. The van der Waals surface area contributed by atoms with Gasteiger partial charge in [-0.15, -0.1) is 22.7 Å². The third kappa shape index (κ3) is 3.43. The van der Waals surface area contributed by atoms with Gasteiger partial charge in [0.2, 0.25) is 0 Å². The zero-order valence-corrected chi connectivity index (χ0v) is 15.5. The highest BCUT2D eigenvalue weighted by Crippen LogP contribution is 2.42. The van der Waals surface area contributed by atoms with E-state index in [0.717, 1.165) is 26.6 Å². The van der Waals surface area contributed by atoms with Crippen LogP contribution in [0, 0.1) is 0 Å². The first-order valence-corrected chi connectivity index (χ1v) is 10.0. The van der Waals surface area contributed by atoms with Crippen molar-refractivity contribution in [1.82, 2.24) is 0 Å². The van der Waals surface area contributed by atoms with Crippen molar-refractivity contribution in [3.8, 4) is 16.2 Å². The zero-order valence-electron chi connectivity index (χ0n) is 13.9. The zero-order chi connectivity index (χ0) is 17.9. The Balaban J connectivity index is 1.35. The summed E-state index contributed by atoms with van der Waals surface area (Å²) < 4.78 is 11.1. The third-order valence-corrected chi connectivity index (χ3v) is 6.20. The predicted molar refractivity (Wildman–Crippen MR) is 102 cm³/mol. The minimum absolute atomic E-state index is 0.0939. The van der Waals surface area contributed by atoms with Crippen molar-refractivity contribution in [2.45, 2.75) is 19.4 Å². The molecule has 2 aromatic heterocycles. The molecule has 0 saturated carbocycles. The van der Waals surface area contributed by atoms with Crippen molar-refractivity contribution in [2.75, 3.05) is 6.61 Å². The van der Waals surface area contributed by atoms with Gasteiger partial charge >= 0.3 is 5.97 Å². The lowest BCUT2D eigenvalue weighted by Gasteiger charge is -2.16. The molecule has 3 aromatic rings. The van der Waals surface area contributed by atoms with Crippen molar-refractivity contribution in [3.63, 3.8) is 0 Å². The van der Waals surface area contributed by atoms with Crippen molar-refractivity contribution in [1.29, 1.82) is 0 Å². The number of hydrogen-bond acceptors (Lipinski definition) is 6. The summed E-state index contributed by atoms with van der Waals surface area (Å²) in [6.07, 6.45) is 0.912. The minimum atomic E-state index is -0.342. The highest BCUT2D eigenvalue weighted by molar-refractivity contribution is 7.17. The van der Waals surface area contributed by atoms with Gasteiger partial charge in [0.15, 0.2) is 5.78 Å². The van der Waals surface area contributed by atoms with Gasteiger partial charge in [0.05, 0.1) is 11.5 Å². The number of esters is 1. The van der Waals surface area contributed by atoms with Crippen molar-refractivity contribution < 1.29 is 19.1 Å². The summed E-state index contributed by atoms with van der Waals surface area (Å²) in [5.74, 6) is 0.593. The van der Waals surface area contributed by atoms with E-state index in [1.807, 2.05) is 47.8 Å². The highest BCUT2D eigenvalue weighted by atomic mass is 32.1. The van der Waals surface area contributed by atoms with Gasteiger partial charge in [0.1, 0.15) is 17.2 Å². The average molecular weight is 384 g/mol. The van der Waals surface area contributed by atoms with Crippen molar-refractivity contribution in [2.24, 2.45) is 0 Å². The van der Waals surface area contributed by atoms with Gasteiger partial charge in [-0.2, -0.15) is 0 Å². The topological polar surface area (TPSA) is 52.6 Å². The molecule has 0 unspecified atom stereocenters. The van der Waals surface area contributed by atoms with Crippen LogP contribution in [0.15, 0.2) is 47.8 Å².